The van der Waals surface area contributed by atoms with Gasteiger partial charge in [0.25, 0.3) is 0 Å². The van der Waals surface area contributed by atoms with Crippen LogP contribution in [0.4, 0.5) is 0 Å². The van der Waals surface area contributed by atoms with Gasteiger partial charge in [-0.1, -0.05) is 56.4 Å². The molecule has 7 atom stereocenters. The number of benzene rings is 1. The molecule has 36 heavy (non-hydrogen) atoms. The van der Waals surface area contributed by atoms with Crippen LogP contribution in [-0.4, -0.2) is 46.1 Å². The summed E-state index contributed by atoms with van der Waals surface area (Å²) in [5, 5.41) is 1.04. The summed E-state index contributed by atoms with van der Waals surface area (Å²) in [5.41, 5.74) is 2.43. The Morgan fingerprint density at radius 1 is 1.08 bits per heavy atom. The molecule has 1 aromatic heterocycles. The first kappa shape index (κ1) is 24.0. The third-order valence-corrected chi connectivity index (χ3v) is 11.1. The summed E-state index contributed by atoms with van der Waals surface area (Å²) >= 11 is 2.94. The van der Waals surface area contributed by atoms with Gasteiger partial charge in [0, 0.05) is 16.0 Å². The van der Waals surface area contributed by atoms with Gasteiger partial charge in [-0.15, -0.1) is 11.8 Å². The minimum atomic E-state index is -0.546. The highest BCUT2D eigenvalue weighted by molar-refractivity contribution is 8.00. The normalized spacial score (nSPS) is 32.4. The number of fused-ring (bicyclic) bond motifs is 9. The molecule has 2 aliphatic heterocycles. The van der Waals surface area contributed by atoms with Crippen molar-refractivity contribution in [2.75, 3.05) is 13.2 Å². The number of H-pyrrole nitrogens is 1. The van der Waals surface area contributed by atoms with E-state index in [0.29, 0.717) is 0 Å². The maximum Gasteiger partial charge on any atom is 0.326 e. The van der Waals surface area contributed by atoms with E-state index in [1.807, 2.05) is 0 Å². The minimum Gasteiger partial charge on any atom is -0.465 e. The molecule has 9 heteroatoms. The van der Waals surface area contributed by atoms with E-state index in [1.54, 1.807) is 18.7 Å². The van der Waals surface area contributed by atoms with E-state index in [2.05, 4.69) is 50.0 Å². The summed E-state index contributed by atoms with van der Waals surface area (Å²) in [4.78, 5) is 56.5. The number of aromatic nitrogens is 1. The number of amides is 2. The van der Waals surface area contributed by atoms with Gasteiger partial charge < -0.3 is 9.72 Å². The summed E-state index contributed by atoms with van der Waals surface area (Å²) in [5.74, 6) is -1.56. The van der Waals surface area contributed by atoms with Crippen molar-refractivity contribution in [3.63, 3.8) is 0 Å². The molecule has 4 aliphatic rings. The van der Waals surface area contributed by atoms with Crippen LogP contribution < -0.4 is 4.87 Å². The molecular formula is C27H30N2O5S2. The van der Waals surface area contributed by atoms with Crippen LogP contribution in [0.3, 0.4) is 0 Å². The number of thiazole rings is 1. The second-order valence-electron chi connectivity index (χ2n) is 11.4. The number of rotatable bonds is 4. The molecule has 2 saturated carbocycles. The third kappa shape index (κ3) is 3.45. The monoisotopic (exact) mass is 526 g/mol. The molecule has 3 heterocycles. The number of nitrogens with one attached hydrogen (secondary N) is 1. The lowest BCUT2D eigenvalue weighted by molar-refractivity contribution is -0.153. The Morgan fingerprint density at radius 2 is 1.75 bits per heavy atom. The lowest BCUT2D eigenvalue weighted by atomic mass is 9.68. The number of hydrogen-bond acceptors (Lipinski definition) is 7. The van der Waals surface area contributed by atoms with Crippen LogP contribution in [0.15, 0.2) is 34.1 Å². The van der Waals surface area contributed by atoms with Crippen molar-refractivity contribution in [2.24, 2.45) is 29.6 Å². The molecule has 1 aromatic carbocycles. The smallest absolute Gasteiger partial charge is 0.326 e. The molecule has 2 aromatic rings. The molecule has 6 unspecified atom stereocenters. The van der Waals surface area contributed by atoms with Crippen LogP contribution in [0, 0.1) is 29.6 Å². The van der Waals surface area contributed by atoms with Crippen molar-refractivity contribution in [2.45, 2.75) is 55.7 Å². The predicted molar refractivity (Wildman–Crippen MR) is 137 cm³/mol. The second-order valence-corrected chi connectivity index (χ2v) is 13.6. The van der Waals surface area contributed by atoms with Gasteiger partial charge in [-0.2, -0.15) is 0 Å². The van der Waals surface area contributed by atoms with Gasteiger partial charge in [0.2, 0.25) is 11.8 Å². The molecule has 6 rings (SSSR count). The van der Waals surface area contributed by atoms with Gasteiger partial charge in [-0.3, -0.25) is 24.1 Å². The highest BCUT2D eigenvalue weighted by Crippen LogP contribution is 2.68. The van der Waals surface area contributed by atoms with Gasteiger partial charge in [-0.25, -0.2) is 0 Å². The van der Waals surface area contributed by atoms with Crippen molar-refractivity contribution >= 4 is 40.9 Å². The number of nitrogens with zero attached hydrogens (tertiary/aromatic N) is 1. The zero-order valence-electron chi connectivity index (χ0n) is 20.8. The lowest BCUT2D eigenvalue weighted by Gasteiger charge is -2.43. The first-order valence-electron chi connectivity index (χ1n) is 12.6. The van der Waals surface area contributed by atoms with Crippen molar-refractivity contribution in [3.05, 3.63) is 49.9 Å². The summed E-state index contributed by atoms with van der Waals surface area (Å²) in [7, 11) is 0. The number of carbonyl (C=O) groups is 3. The lowest BCUT2D eigenvalue weighted by Crippen LogP contribution is -2.42. The molecule has 2 amide bonds. The van der Waals surface area contributed by atoms with Crippen LogP contribution in [0.25, 0.3) is 0 Å². The molecule has 0 radical (unpaired) electrons. The number of imide groups is 1. The number of likely N-dealkylation sites (tertiary alicyclic amines) is 1. The Morgan fingerprint density at radius 3 is 2.39 bits per heavy atom. The summed E-state index contributed by atoms with van der Waals surface area (Å²) in [6.45, 7) is 8.17. The average Bonchev–Trinajstić information content (AvgIpc) is 3.54. The van der Waals surface area contributed by atoms with E-state index in [1.165, 1.54) is 16.9 Å². The second kappa shape index (κ2) is 8.31. The first-order chi connectivity index (χ1) is 17.1. The predicted octanol–water partition coefficient (Wildman–Crippen LogP) is 3.77. The summed E-state index contributed by atoms with van der Waals surface area (Å²) < 4.78 is 5.02. The Balaban J connectivity index is 1.38. The Hall–Kier alpha value is -2.39. The minimum absolute atomic E-state index is 0.00202. The SMILES string of the molecule is CCOC(=O)CN1C(=O)C2C3CC(C2C1=O)C1C3Sc2[nH]c(=O)sc2[C@@H]1c1ccc(C(C)(C)C)cc1. The van der Waals surface area contributed by atoms with Gasteiger partial charge in [0.05, 0.1) is 23.5 Å². The van der Waals surface area contributed by atoms with E-state index in [0.717, 1.165) is 26.8 Å². The van der Waals surface area contributed by atoms with Crippen molar-refractivity contribution < 1.29 is 19.1 Å². The maximum absolute atomic E-state index is 13.5. The molecule has 1 N–H and O–H groups in total. The van der Waals surface area contributed by atoms with Gasteiger partial charge in [0.1, 0.15) is 6.54 Å². The Kier molecular flexibility index (Phi) is 5.54. The number of thioether (sulfide) groups is 1. The zero-order valence-corrected chi connectivity index (χ0v) is 22.4. The summed E-state index contributed by atoms with van der Waals surface area (Å²) in [6, 6.07) is 8.68. The molecule has 1 saturated heterocycles. The Bertz CT molecular complexity index is 1310. The van der Waals surface area contributed by atoms with Gasteiger partial charge in [-0.05, 0) is 47.6 Å². The van der Waals surface area contributed by atoms with Crippen molar-refractivity contribution in [1.82, 2.24) is 9.88 Å². The van der Waals surface area contributed by atoms with Crippen LogP contribution in [0.1, 0.15) is 56.0 Å². The molecular weight excluding hydrogens is 496 g/mol. The average molecular weight is 527 g/mol. The van der Waals surface area contributed by atoms with Crippen LogP contribution >= 0.6 is 23.1 Å². The molecule has 0 spiro atoms. The Labute approximate surface area is 218 Å². The largest absolute Gasteiger partial charge is 0.465 e. The van der Waals surface area contributed by atoms with E-state index in [4.69, 9.17) is 4.74 Å². The van der Waals surface area contributed by atoms with Crippen LogP contribution in [0.2, 0.25) is 0 Å². The fraction of sp³-hybridized carbons (Fsp3) is 0.556. The van der Waals surface area contributed by atoms with Crippen molar-refractivity contribution in [3.8, 4) is 0 Å². The zero-order chi connectivity index (χ0) is 25.5. The highest BCUT2D eigenvalue weighted by atomic mass is 32.2. The van der Waals surface area contributed by atoms with Gasteiger partial charge >= 0.3 is 10.8 Å². The maximum atomic E-state index is 13.5. The van der Waals surface area contributed by atoms with Gasteiger partial charge in [0.15, 0.2) is 0 Å². The van der Waals surface area contributed by atoms with E-state index in [-0.39, 0.29) is 70.1 Å². The van der Waals surface area contributed by atoms with E-state index < -0.39 is 11.9 Å². The summed E-state index contributed by atoms with van der Waals surface area (Å²) in [6.07, 6.45) is 0.831. The fourth-order valence-corrected chi connectivity index (χ4v) is 10.0. The number of aromatic amines is 1. The first-order valence-corrected chi connectivity index (χ1v) is 14.3. The molecule has 7 nitrogen and oxygen atoms in total. The highest BCUT2D eigenvalue weighted by Gasteiger charge is 2.69. The number of hydrogen-bond donors (Lipinski definition) is 1. The topological polar surface area (TPSA) is 96.5 Å². The molecule has 3 fully saturated rings. The number of carbonyl (C=O) groups excluding carboxylic acids is 3. The van der Waals surface area contributed by atoms with Crippen LogP contribution in [0.5, 0.6) is 0 Å². The quantitative estimate of drug-likeness (QED) is 0.481. The fourth-order valence-electron chi connectivity index (χ4n) is 7.13. The molecule has 2 bridgehead atoms. The molecule has 2 aliphatic carbocycles. The van der Waals surface area contributed by atoms with Crippen LogP contribution in [-0.2, 0) is 24.5 Å². The van der Waals surface area contributed by atoms with Crippen molar-refractivity contribution in [1.29, 1.82) is 0 Å². The number of esters is 1. The van der Waals surface area contributed by atoms with E-state index in [9.17, 15) is 19.2 Å². The number of ether oxygens (including phenoxy) is 1. The molecule has 190 valence electrons. The standard InChI is InChI=1S/C27H30N2O5S2/c1-5-34-16(30)11-29-24(31)19-14-10-15(20(19)25(29)32)21-18(14)17(22-23(35-21)28-26(33)36-22)12-6-8-13(9-7-12)27(2,3)4/h6-9,14-15,17-21H,5,10-11H2,1-4H3,(H,28,33)/t14?,15?,17-,18?,19?,20?,21?/m1/s1. The third-order valence-electron chi connectivity index (χ3n) is 8.54. The van der Waals surface area contributed by atoms with E-state index >= 15 is 0 Å².